The van der Waals surface area contributed by atoms with Crippen molar-refractivity contribution >= 4 is 28.3 Å². The van der Waals surface area contributed by atoms with Gasteiger partial charge in [0.2, 0.25) is 6.79 Å². The van der Waals surface area contributed by atoms with E-state index >= 15 is 0 Å². The SMILES string of the molecule is CCN(CC)c1ccc2cc(C(=O)Nc3ccc4c(c3)OCO4)c(=O)oc2c1. The number of fused-ring (bicyclic) bond motifs is 2. The maximum absolute atomic E-state index is 12.6. The van der Waals surface area contributed by atoms with Crippen LogP contribution in [0.3, 0.4) is 0 Å². The summed E-state index contributed by atoms with van der Waals surface area (Å²) in [5, 5.41) is 3.39. The van der Waals surface area contributed by atoms with Gasteiger partial charge in [0.25, 0.3) is 5.91 Å². The summed E-state index contributed by atoms with van der Waals surface area (Å²) in [4.78, 5) is 27.1. The van der Waals surface area contributed by atoms with Crippen LogP contribution >= 0.6 is 0 Å². The average Bonchev–Trinajstić information content (AvgIpc) is 3.16. The molecular formula is C21H20N2O5. The van der Waals surface area contributed by atoms with E-state index in [0.717, 1.165) is 18.8 Å². The molecule has 0 atom stereocenters. The maximum Gasteiger partial charge on any atom is 0.349 e. The van der Waals surface area contributed by atoms with E-state index in [1.807, 2.05) is 18.2 Å². The van der Waals surface area contributed by atoms with Crippen molar-refractivity contribution in [2.75, 3.05) is 30.1 Å². The molecule has 0 saturated carbocycles. The zero-order valence-electron chi connectivity index (χ0n) is 15.7. The molecule has 2 aromatic carbocycles. The third-order valence-corrected chi connectivity index (χ3v) is 4.72. The third-order valence-electron chi connectivity index (χ3n) is 4.72. The number of rotatable bonds is 5. The molecule has 2 heterocycles. The van der Waals surface area contributed by atoms with E-state index in [9.17, 15) is 9.59 Å². The smallest absolute Gasteiger partial charge is 0.349 e. The molecule has 0 spiro atoms. The number of hydrogen-bond donors (Lipinski definition) is 1. The van der Waals surface area contributed by atoms with Gasteiger partial charge in [0.05, 0.1) is 0 Å². The summed E-state index contributed by atoms with van der Waals surface area (Å²) >= 11 is 0. The van der Waals surface area contributed by atoms with Crippen LogP contribution in [-0.2, 0) is 0 Å². The average molecular weight is 380 g/mol. The topological polar surface area (TPSA) is 81.0 Å². The van der Waals surface area contributed by atoms with Gasteiger partial charge in [-0.1, -0.05) is 0 Å². The normalized spacial score (nSPS) is 12.2. The number of nitrogens with zero attached hydrogens (tertiary/aromatic N) is 1. The van der Waals surface area contributed by atoms with Crippen molar-refractivity contribution in [3.05, 3.63) is 58.4 Å². The van der Waals surface area contributed by atoms with Crippen molar-refractivity contribution in [2.24, 2.45) is 0 Å². The molecule has 0 radical (unpaired) electrons. The van der Waals surface area contributed by atoms with Crippen LogP contribution in [0.15, 0.2) is 51.7 Å². The molecule has 0 unspecified atom stereocenters. The number of carbonyl (C=O) groups is 1. The number of ether oxygens (including phenoxy) is 2. The molecule has 7 heteroatoms. The number of anilines is 2. The highest BCUT2D eigenvalue weighted by atomic mass is 16.7. The van der Waals surface area contributed by atoms with Gasteiger partial charge in [-0.05, 0) is 44.2 Å². The van der Waals surface area contributed by atoms with Gasteiger partial charge in [0, 0.05) is 42.0 Å². The fourth-order valence-corrected chi connectivity index (χ4v) is 3.22. The number of nitrogens with one attached hydrogen (secondary N) is 1. The molecule has 3 aromatic rings. The third kappa shape index (κ3) is 3.26. The van der Waals surface area contributed by atoms with Crippen LogP contribution in [0.1, 0.15) is 24.2 Å². The van der Waals surface area contributed by atoms with Gasteiger partial charge in [-0.25, -0.2) is 4.79 Å². The lowest BCUT2D eigenvalue weighted by Gasteiger charge is -2.21. The minimum absolute atomic E-state index is 0.0549. The lowest BCUT2D eigenvalue weighted by Crippen LogP contribution is -2.22. The summed E-state index contributed by atoms with van der Waals surface area (Å²) in [6, 6.07) is 12.2. The molecule has 1 aliphatic heterocycles. The predicted molar refractivity (Wildman–Crippen MR) is 107 cm³/mol. The number of amides is 1. The van der Waals surface area contributed by atoms with E-state index < -0.39 is 11.5 Å². The molecule has 0 fully saturated rings. The molecule has 144 valence electrons. The molecule has 0 bridgehead atoms. The first-order valence-corrected chi connectivity index (χ1v) is 9.13. The van der Waals surface area contributed by atoms with Crippen molar-refractivity contribution in [1.29, 1.82) is 0 Å². The van der Waals surface area contributed by atoms with Crippen LogP contribution in [-0.4, -0.2) is 25.8 Å². The Morgan fingerprint density at radius 1 is 1.04 bits per heavy atom. The summed E-state index contributed by atoms with van der Waals surface area (Å²) < 4.78 is 16.0. The molecule has 28 heavy (non-hydrogen) atoms. The predicted octanol–water partition coefficient (Wildman–Crippen LogP) is 3.62. The van der Waals surface area contributed by atoms with Crippen LogP contribution in [0.4, 0.5) is 11.4 Å². The first kappa shape index (κ1) is 17.9. The van der Waals surface area contributed by atoms with E-state index in [2.05, 4.69) is 24.1 Å². The standard InChI is InChI=1S/C21H20N2O5/c1-3-23(4-2)15-7-5-13-9-16(21(25)28-18(13)11-15)20(24)22-14-6-8-17-19(10-14)27-12-26-17/h5-11H,3-4,12H2,1-2H3,(H,22,24). The van der Waals surface area contributed by atoms with Gasteiger partial charge in [0.1, 0.15) is 11.1 Å². The molecule has 7 nitrogen and oxygen atoms in total. The number of hydrogen-bond acceptors (Lipinski definition) is 6. The van der Waals surface area contributed by atoms with Gasteiger partial charge >= 0.3 is 5.63 Å². The second-order valence-electron chi connectivity index (χ2n) is 6.36. The molecule has 1 aromatic heterocycles. The van der Waals surface area contributed by atoms with E-state index in [1.165, 1.54) is 0 Å². The van der Waals surface area contributed by atoms with E-state index in [4.69, 9.17) is 13.9 Å². The Morgan fingerprint density at radius 3 is 2.61 bits per heavy atom. The zero-order valence-corrected chi connectivity index (χ0v) is 15.7. The van der Waals surface area contributed by atoms with Crippen molar-refractivity contribution in [1.82, 2.24) is 0 Å². The maximum atomic E-state index is 12.6. The van der Waals surface area contributed by atoms with Gasteiger partial charge in [-0.3, -0.25) is 4.79 Å². The lowest BCUT2D eigenvalue weighted by atomic mass is 10.1. The van der Waals surface area contributed by atoms with E-state index in [1.54, 1.807) is 24.3 Å². The fraction of sp³-hybridized carbons (Fsp3) is 0.238. The van der Waals surface area contributed by atoms with Gasteiger partial charge in [0.15, 0.2) is 11.5 Å². The van der Waals surface area contributed by atoms with Crippen molar-refractivity contribution in [3.8, 4) is 11.5 Å². The quantitative estimate of drug-likeness (QED) is 0.681. The van der Waals surface area contributed by atoms with Gasteiger partial charge in [-0.2, -0.15) is 0 Å². The largest absolute Gasteiger partial charge is 0.454 e. The first-order valence-electron chi connectivity index (χ1n) is 9.13. The fourth-order valence-electron chi connectivity index (χ4n) is 3.22. The molecule has 0 saturated heterocycles. The summed E-state index contributed by atoms with van der Waals surface area (Å²) in [6.07, 6.45) is 0. The monoisotopic (exact) mass is 380 g/mol. The van der Waals surface area contributed by atoms with Crippen LogP contribution in [0.5, 0.6) is 11.5 Å². The highest BCUT2D eigenvalue weighted by molar-refractivity contribution is 6.05. The molecule has 0 aliphatic carbocycles. The highest BCUT2D eigenvalue weighted by Crippen LogP contribution is 2.34. The van der Waals surface area contributed by atoms with Crippen LogP contribution < -0.4 is 25.3 Å². The molecular weight excluding hydrogens is 360 g/mol. The van der Waals surface area contributed by atoms with Crippen LogP contribution in [0.25, 0.3) is 11.0 Å². The molecule has 4 rings (SSSR count). The minimum atomic E-state index is -0.678. The zero-order chi connectivity index (χ0) is 19.7. The summed E-state index contributed by atoms with van der Waals surface area (Å²) in [5.41, 5.74) is 1.20. The van der Waals surface area contributed by atoms with Gasteiger partial charge in [-0.15, -0.1) is 0 Å². The summed E-state index contributed by atoms with van der Waals surface area (Å²) in [5.74, 6) is 0.627. The van der Waals surface area contributed by atoms with Gasteiger partial charge < -0.3 is 24.1 Å². The molecule has 1 aliphatic rings. The van der Waals surface area contributed by atoms with Crippen molar-refractivity contribution in [3.63, 3.8) is 0 Å². The second kappa shape index (κ2) is 7.26. The van der Waals surface area contributed by atoms with E-state index in [-0.39, 0.29) is 12.4 Å². The molecule has 1 amide bonds. The lowest BCUT2D eigenvalue weighted by molar-refractivity contribution is 0.102. The highest BCUT2D eigenvalue weighted by Gasteiger charge is 2.17. The Hall–Kier alpha value is -3.48. The number of benzene rings is 2. The summed E-state index contributed by atoms with van der Waals surface area (Å²) in [7, 11) is 0. The molecule has 1 N–H and O–H groups in total. The summed E-state index contributed by atoms with van der Waals surface area (Å²) in [6.45, 7) is 5.97. The Kier molecular flexibility index (Phi) is 4.65. The van der Waals surface area contributed by atoms with Crippen molar-refractivity contribution < 1.29 is 18.7 Å². The Balaban J connectivity index is 1.63. The Morgan fingerprint density at radius 2 is 1.82 bits per heavy atom. The minimum Gasteiger partial charge on any atom is -0.454 e. The first-order chi connectivity index (χ1) is 13.6. The van der Waals surface area contributed by atoms with E-state index in [0.29, 0.717) is 28.2 Å². The van der Waals surface area contributed by atoms with Crippen LogP contribution in [0, 0.1) is 0 Å². The Labute approximate surface area is 161 Å². The second-order valence-corrected chi connectivity index (χ2v) is 6.36. The van der Waals surface area contributed by atoms with Crippen molar-refractivity contribution in [2.45, 2.75) is 13.8 Å². The Bertz CT molecular complexity index is 1100. The van der Waals surface area contributed by atoms with Crippen LogP contribution in [0.2, 0.25) is 0 Å². The number of carbonyl (C=O) groups excluding carboxylic acids is 1.